The molecule has 1 atom stereocenters. The van der Waals surface area contributed by atoms with Gasteiger partial charge in [-0.15, -0.1) is 0 Å². The Morgan fingerprint density at radius 1 is 1.24 bits per heavy atom. The number of carbonyl (C=O) groups is 2. The van der Waals surface area contributed by atoms with Gasteiger partial charge in [-0.1, -0.05) is 41.9 Å². The van der Waals surface area contributed by atoms with Gasteiger partial charge in [-0.3, -0.25) is 10.1 Å². The molecule has 0 aliphatic heterocycles. The zero-order chi connectivity index (χ0) is 16.0. The van der Waals surface area contributed by atoms with Crippen LogP contribution in [0.4, 0.5) is 0 Å². The van der Waals surface area contributed by atoms with Gasteiger partial charge in [0.15, 0.2) is 0 Å². The van der Waals surface area contributed by atoms with Crippen molar-refractivity contribution in [2.24, 2.45) is 0 Å². The highest BCUT2D eigenvalue weighted by Crippen LogP contribution is 2.37. The van der Waals surface area contributed by atoms with Crippen LogP contribution >= 0.6 is 11.6 Å². The zero-order valence-electron chi connectivity index (χ0n) is 11.4. The summed E-state index contributed by atoms with van der Waals surface area (Å²) >= 11 is 6.13. The molecule has 0 heterocycles. The molecule has 0 aromatic heterocycles. The van der Waals surface area contributed by atoms with Gasteiger partial charge in [0.05, 0.1) is 20.1 Å². The number of alkyl halides is 1. The van der Waals surface area contributed by atoms with Crippen molar-refractivity contribution in [1.82, 2.24) is 0 Å². The summed E-state index contributed by atoms with van der Waals surface area (Å²) in [5, 5.41) is 10.9. The van der Waals surface area contributed by atoms with E-state index in [0.717, 1.165) is 14.2 Å². The fourth-order valence-electron chi connectivity index (χ4n) is 1.96. The van der Waals surface area contributed by atoms with Gasteiger partial charge in [-0.05, 0) is 5.56 Å². The van der Waals surface area contributed by atoms with Gasteiger partial charge < -0.3 is 9.47 Å². The van der Waals surface area contributed by atoms with E-state index in [2.05, 4.69) is 9.47 Å². The lowest BCUT2D eigenvalue weighted by atomic mass is 9.85. The summed E-state index contributed by atoms with van der Waals surface area (Å²) in [5.74, 6) is -3.44. The number of esters is 2. The maximum Gasteiger partial charge on any atom is 0.339 e. The van der Waals surface area contributed by atoms with Crippen LogP contribution in [0.1, 0.15) is 11.5 Å². The first-order valence-corrected chi connectivity index (χ1v) is 6.28. The number of ether oxygens (including phenoxy) is 2. The number of hydrogen-bond acceptors (Lipinski definition) is 6. The monoisotopic (exact) mass is 315 g/mol. The maximum atomic E-state index is 12.0. The van der Waals surface area contributed by atoms with E-state index >= 15 is 0 Å². The molecule has 1 aromatic rings. The highest BCUT2D eigenvalue weighted by Gasteiger charge is 2.56. The largest absolute Gasteiger partial charge is 0.467 e. The second-order valence-corrected chi connectivity index (χ2v) is 4.77. The standard InChI is InChI=1S/C13H14ClNO6/c1-20-11(16)13(14,12(17)21-2)10(8-15(18)19)9-6-4-3-5-7-9/h3-7,10H,8H2,1-2H3/t10-/m1/s1. The fourth-order valence-corrected chi connectivity index (χ4v) is 2.31. The van der Waals surface area contributed by atoms with Crippen LogP contribution in [-0.4, -0.2) is 42.5 Å². The third-order valence-electron chi connectivity index (χ3n) is 2.98. The maximum absolute atomic E-state index is 12.0. The van der Waals surface area contributed by atoms with Gasteiger partial charge in [0, 0.05) is 4.92 Å². The Kier molecular flexibility index (Phi) is 5.66. The number of rotatable bonds is 6. The third-order valence-corrected chi connectivity index (χ3v) is 3.55. The van der Waals surface area contributed by atoms with Crippen LogP contribution in [-0.2, 0) is 19.1 Å². The van der Waals surface area contributed by atoms with Crippen molar-refractivity contribution < 1.29 is 24.0 Å². The topological polar surface area (TPSA) is 95.7 Å². The van der Waals surface area contributed by atoms with Crippen LogP contribution in [0.15, 0.2) is 30.3 Å². The molecule has 0 N–H and O–H groups in total. The Morgan fingerprint density at radius 2 is 1.71 bits per heavy atom. The van der Waals surface area contributed by atoms with E-state index in [-0.39, 0.29) is 0 Å². The van der Waals surface area contributed by atoms with Crippen molar-refractivity contribution >= 4 is 23.5 Å². The normalized spacial score (nSPS) is 12.3. The molecule has 0 fully saturated rings. The number of methoxy groups -OCH3 is 2. The average molecular weight is 316 g/mol. The van der Waals surface area contributed by atoms with E-state index in [1.807, 2.05) is 0 Å². The van der Waals surface area contributed by atoms with Crippen molar-refractivity contribution in [1.29, 1.82) is 0 Å². The van der Waals surface area contributed by atoms with Gasteiger partial charge in [-0.2, -0.15) is 0 Å². The first-order chi connectivity index (χ1) is 9.87. The summed E-state index contributed by atoms with van der Waals surface area (Å²) in [6.45, 7) is -0.724. The second kappa shape index (κ2) is 7.03. The Hall–Kier alpha value is -2.15. The van der Waals surface area contributed by atoms with Crippen molar-refractivity contribution in [2.75, 3.05) is 20.8 Å². The van der Waals surface area contributed by atoms with Gasteiger partial charge in [0.1, 0.15) is 0 Å². The molecule has 0 saturated carbocycles. The summed E-state index contributed by atoms with van der Waals surface area (Å²) in [4.78, 5) is 31.8. The minimum absolute atomic E-state index is 0.361. The smallest absolute Gasteiger partial charge is 0.339 e. The summed E-state index contributed by atoms with van der Waals surface area (Å²) in [7, 11) is 2.08. The number of carbonyl (C=O) groups excluding carboxylic acids is 2. The molecular formula is C13H14ClNO6. The van der Waals surface area contributed by atoms with Crippen molar-refractivity contribution in [3.63, 3.8) is 0 Å². The number of nitrogens with zero attached hydrogens (tertiary/aromatic N) is 1. The van der Waals surface area contributed by atoms with Crippen LogP contribution in [0.2, 0.25) is 0 Å². The summed E-state index contributed by atoms with van der Waals surface area (Å²) in [6.07, 6.45) is 0. The minimum atomic E-state index is -2.32. The molecule has 0 unspecified atom stereocenters. The predicted molar refractivity (Wildman–Crippen MR) is 73.7 cm³/mol. The predicted octanol–water partition coefficient (Wildman–Crippen LogP) is 1.37. The lowest BCUT2D eigenvalue weighted by Crippen LogP contribution is -2.50. The molecule has 0 saturated heterocycles. The number of benzene rings is 1. The van der Waals surface area contributed by atoms with Crippen LogP contribution in [0, 0.1) is 10.1 Å². The molecule has 7 nitrogen and oxygen atoms in total. The van der Waals surface area contributed by atoms with Gasteiger partial charge in [0.2, 0.25) is 6.54 Å². The van der Waals surface area contributed by atoms with E-state index in [9.17, 15) is 19.7 Å². The Morgan fingerprint density at radius 3 is 2.10 bits per heavy atom. The molecule has 1 rings (SSSR count). The van der Waals surface area contributed by atoms with Gasteiger partial charge in [0.25, 0.3) is 4.87 Å². The van der Waals surface area contributed by atoms with Gasteiger partial charge in [-0.25, -0.2) is 9.59 Å². The lowest BCUT2D eigenvalue weighted by Gasteiger charge is -2.28. The van der Waals surface area contributed by atoms with Crippen molar-refractivity contribution in [3.8, 4) is 0 Å². The first kappa shape index (κ1) is 16.9. The van der Waals surface area contributed by atoms with E-state index in [1.54, 1.807) is 18.2 Å². The highest BCUT2D eigenvalue weighted by atomic mass is 35.5. The number of nitro groups is 1. The van der Waals surface area contributed by atoms with Crippen LogP contribution in [0.25, 0.3) is 0 Å². The van der Waals surface area contributed by atoms with E-state index in [0.29, 0.717) is 5.56 Å². The Bertz CT molecular complexity index is 517. The molecule has 114 valence electrons. The SMILES string of the molecule is COC(=O)C(Cl)(C(=O)OC)[C@H](C[N+](=O)[O-])c1ccccc1. The molecule has 0 radical (unpaired) electrons. The minimum Gasteiger partial charge on any atom is -0.467 e. The lowest BCUT2D eigenvalue weighted by molar-refractivity contribution is -0.483. The average Bonchev–Trinajstić information content (AvgIpc) is 2.50. The molecule has 1 aromatic carbocycles. The Labute approximate surface area is 125 Å². The molecular weight excluding hydrogens is 302 g/mol. The molecule has 0 aliphatic carbocycles. The molecule has 0 amide bonds. The molecule has 0 bridgehead atoms. The number of hydrogen-bond donors (Lipinski definition) is 0. The van der Waals surface area contributed by atoms with Crippen molar-refractivity contribution in [2.45, 2.75) is 10.8 Å². The summed E-state index contributed by atoms with van der Waals surface area (Å²) < 4.78 is 9.06. The second-order valence-electron chi connectivity index (χ2n) is 4.17. The van der Waals surface area contributed by atoms with Crippen LogP contribution in [0.5, 0.6) is 0 Å². The van der Waals surface area contributed by atoms with Gasteiger partial charge >= 0.3 is 11.9 Å². The molecule has 21 heavy (non-hydrogen) atoms. The van der Waals surface area contributed by atoms with Crippen molar-refractivity contribution in [3.05, 3.63) is 46.0 Å². The quantitative estimate of drug-likeness (QED) is 0.259. The van der Waals surface area contributed by atoms with Crippen LogP contribution in [0.3, 0.4) is 0 Å². The zero-order valence-corrected chi connectivity index (χ0v) is 12.2. The molecule has 8 heteroatoms. The first-order valence-electron chi connectivity index (χ1n) is 5.90. The summed E-state index contributed by atoms with van der Waals surface area (Å²) in [6, 6.07) is 8.01. The number of halogens is 1. The Balaban J connectivity index is 3.41. The highest BCUT2D eigenvalue weighted by molar-refractivity contribution is 6.45. The molecule has 0 aliphatic rings. The van der Waals surface area contributed by atoms with E-state index in [1.165, 1.54) is 12.1 Å². The third kappa shape index (κ3) is 3.49. The summed E-state index contributed by atoms with van der Waals surface area (Å²) in [5.41, 5.74) is 0.361. The van der Waals surface area contributed by atoms with Crippen LogP contribution < -0.4 is 0 Å². The fraction of sp³-hybridized carbons (Fsp3) is 0.385. The van der Waals surface area contributed by atoms with E-state index in [4.69, 9.17) is 11.6 Å². The molecule has 0 spiro atoms. The van der Waals surface area contributed by atoms with E-state index < -0.39 is 34.2 Å².